The molecule has 1 amide bonds. The molecule has 2 N–H and O–H groups in total. The van der Waals surface area contributed by atoms with E-state index in [0.29, 0.717) is 29.6 Å². The van der Waals surface area contributed by atoms with Crippen molar-refractivity contribution in [2.24, 2.45) is 5.73 Å². The van der Waals surface area contributed by atoms with Crippen molar-refractivity contribution < 1.29 is 13.9 Å². The van der Waals surface area contributed by atoms with Gasteiger partial charge in [0.1, 0.15) is 19.4 Å². The SMILES string of the molecule is [B]c1ccc(OC)c(CCc2c(F)cccc2C(N)=O)c1. The van der Waals surface area contributed by atoms with Crippen LogP contribution in [0.5, 0.6) is 5.75 Å². The molecule has 0 unspecified atom stereocenters. The highest BCUT2D eigenvalue weighted by Gasteiger charge is 2.13. The Balaban J connectivity index is 2.28. The summed E-state index contributed by atoms with van der Waals surface area (Å²) in [4.78, 5) is 11.4. The smallest absolute Gasteiger partial charge is 0.249 e. The zero-order valence-electron chi connectivity index (χ0n) is 11.7. The van der Waals surface area contributed by atoms with Crippen LogP contribution in [-0.4, -0.2) is 20.9 Å². The number of hydrogen-bond acceptors (Lipinski definition) is 2. The van der Waals surface area contributed by atoms with E-state index in [4.69, 9.17) is 18.3 Å². The van der Waals surface area contributed by atoms with Gasteiger partial charge in [0.25, 0.3) is 0 Å². The van der Waals surface area contributed by atoms with Crippen molar-refractivity contribution in [1.82, 2.24) is 0 Å². The third-order valence-corrected chi connectivity index (χ3v) is 3.33. The molecule has 106 valence electrons. The maximum absolute atomic E-state index is 13.9. The highest BCUT2D eigenvalue weighted by molar-refractivity contribution is 6.32. The lowest BCUT2D eigenvalue weighted by Gasteiger charge is -2.12. The van der Waals surface area contributed by atoms with Gasteiger partial charge in [-0.25, -0.2) is 4.39 Å². The number of amides is 1. The molecule has 0 heterocycles. The van der Waals surface area contributed by atoms with Crippen LogP contribution in [0.2, 0.25) is 0 Å². The van der Waals surface area contributed by atoms with Crippen LogP contribution in [0.15, 0.2) is 36.4 Å². The van der Waals surface area contributed by atoms with Gasteiger partial charge >= 0.3 is 0 Å². The summed E-state index contributed by atoms with van der Waals surface area (Å²) in [6, 6.07) is 9.60. The normalized spacial score (nSPS) is 10.4. The molecule has 0 aliphatic rings. The second kappa shape index (κ2) is 6.44. The Kier molecular flexibility index (Phi) is 4.63. The van der Waals surface area contributed by atoms with Crippen molar-refractivity contribution in [3.05, 3.63) is 58.9 Å². The van der Waals surface area contributed by atoms with E-state index in [1.54, 1.807) is 25.3 Å². The van der Waals surface area contributed by atoms with E-state index < -0.39 is 11.7 Å². The molecule has 0 atom stereocenters. The van der Waals surface area contributed by atoms with Gasteiger partial charge in [0, 0.05) is 11.1 Å². The first-order chi connectivity index (χ1) is 10.0. The first kappa shape index (κ1) is 15.1. The fourth-order valence-corrected chi connectivity index (χ4v) is 2.30. The van der Waals surface area contributed by atoms with Gasteiger partial charge in [0.2, 0.25) is 5.91 Å². The average molecular weight is 283 g/mol. The molecule has 0 bridgehead atoms. The first-order valence-electron chi connectivity index (χ1n) is 6.52. The number of carbonyl (C=O) groups excluding carboxylic acids is 1. The molecule has 3 nitrogen and oxygen atoms in total. The van der Waals surface area contributed by atoms with Crippen LogP contribution in [0.4, 0.5) is 4.39 Å². The van der Waals surface area contributed by atoms with Gasteiger partial charge in [-0.3, -0.25) is 4.79 Å². The average Bonchev–Trinajstić information content (AvgIpc) is 2.45. The molecule has 2 aromatic rings. The highest BCUT2D eigenvalue weighted by Crippen LogP contribution is 2.21. The van der Waals surface area contributed by atoms with Crippen molar-refractivity contribution >= 4 is 19.2 Å². The number of methoxy groups -OCH3 is 1. The van der Waals surface area contributed by atoms with Gasteiger partial charge in [-0.2, -0.15) is 0 Å². The van der Waals surface area contributed by atoms with E-state index in [0.717, 1.165) is 5.56 Å². The topological polar surface area (TPSA) is 52.3 Å². The largest absolute Gasteiger partial charge is 0.496 e. The van der Waals surface area contributed by atoms with E-state index >= 15 is 0 Å². The zero-order valence-corrected chi connectivity index (χ0v) is 11.7. The molecule has 2 aromatic carbocycles. The van der Waals surface area contributed by atoms with Gasteiger partial charge in [-0.15, -0.1) is 0 Å². The summed E-state index contributed by atoms with van der Waals surface area (Å²) < 4.78 is 19.2. The molecule has 0 fully saturated rings. The fourth-order valence-electron chi connectivity index (χ4n) is 2.30. The minimum absolute atomic E-state index is 0.206. The second-order valence-corrected chi connectivity index (χ2v) is 4.70. The second-order valence-electron chi connectivity index (χ2n) is 4.70. The zero-order chi connectivity index (χ0) is 15.4. The standard InChI is InChI=1S/C16H15BFNO2/c1-21-15-8-6-11(17)9-10(15)5-7-12-13(16(19)20)3-2-4-14(12)18/h2-4,6,8-9H,5,7H2,1H3,(H2,19,20). The van der Waals surface area contributed by atoms with Crippen molar-refractivity contribution in [1.29, 1.82) is 0 Å². The third-order valence-electron chi connectivity index (χ3n) is 3.33. The molecule has 0 aromatic heterocycles. The van der Waals surface area contributed by atoms with E-state index in [9.17, 15) is 9.18 Å². The van der Waals surface area contributed by atoms with Crippen LogP contribution < -0.4 is 15.9 Å². The molecular formula is C16H15BFNO2. The third kappa shape index (κ3) is 3.43. The summed E-state index contributed by atoms with van der Waals surface area (Å²) in [5.41, 5.74) is 7.27. The number of rotatable bonds is 5. The highest BCUT2D eigenvalue weighted by atomic mass is 19.1. The summed E-state index contributed by atoms with van der Waals surface area (Å²) in [5, 5.41) is 0. The lowest BCUT2D eigenvalue weighted by molar-refractivity contribution is 0.0999. The lowest BCUT2D eigenvalue weighted by atomic mass is 9.91. The van der Waals surface area contributed by atoms with Crippen molar-refractivity contribution in [3.8, 4) is 5.75 Å². The number of ether oxygens (including phenoxy) is 1. The summed E-state index contributed by atoms with van der Waals surface area (Å²) in [6.07, 6.45) is 0.834. The van der Waals surface area contributed by atoms with Crippen LogP contribution >= 0.6 is 0 Å². The molecule has 0 spiro atoms. The first-order valence-corrected chi connectivity index (χ1v) is 6.52. The Morgan fingerprint density at radius 3 is 2.71 bits per heavy atom. The molecule has 0 aliphatic heterocycles. The van der Waals surface area contributed by atoms with E-state index in [-0.39, 0.29) is 5.56 Å². The van der Waals surface area contributed by atoms with Crippen LogP contribution in [0, 0.1) is 5.82 Å². The molecule has 0 aliphatic carbocycles. The fraction of sp³-hybridized carbons (Fsp3) is 0.188. The number of nitrogens with two attached hydrogens (primary N) is 1. The molecule has 0 saturated heterocycles. The van der Waals surface area contributed by atoms with Crippen LogP contribution in [-0.2, 0) is 12.8 Å². The van der Waals surface area contributed by atoms with E-state index in [2.05, 4.69) is 0 Å². The molecule has 2 radical (unpaired) electrons. The Hall–Kier alpha value is -2.30. The van der Waals surface area contributed by atoms with Gasteiger partial charge in [-0.05, 0) is 36.6 Å². The number of hydrogen-bond donors (Lipinski definition) is 1. The number of benzene rings is 2. The number of halogens is 1. The van der Waals surface area contributed by atoms with Crippen molar-refractivity contribution in [2.75, 3.05) is 7.11 Å². The number of aryl methyl sites for hydroxylation is 1. The van der Waals surface area contributed by atoms with Crippen LogP contribution in [0.3, 0.4) is 0 Å². The Morgan fingerprint density at radius 2 is 2.05 bits per heavy atom. The van der Waals surface area contributed by atoms with Crippen LogP contribution in [0.1, 0.15) is 21.5 Å². The number of primary amides is 1. The number of carbonyl (C=O) groups is 1. The van der Waals surface area contributed by atoms with E-state index in [1.165, 1.54) is 18.2 Å². The molecule has 0 saturated carbocycles. The van der Waals surface area contributed by atoms with Crippen LogP contribution in [0.25, 0.3) is 0 Å². The Labute approximate surface area is 124 Å². The van der Waals surface area contributed by atoms with Gasteiger partial charge in [0.05, 0.1) is 7.11 Å². The monoisotopic (exact) mass is 283 g/mol. The van der Waals surface area contributed by atoms with Gasteiger partial charge in [-0.1, -0.05) is 23.7 Å². The summed E-state index contributed by atoms with van der Waals surface area (Å²) in [6.45, 7) is 0. The lowest BCUT2D eigenvalue weighted by Crippen LogP contribution is -2.15. The predicted octanol–water partition coefficient (Wildman–Crippen LogP) is 1.51. The molecule has 21 heavy (non-hydrogen) atoms. The minimum atomic E-state index is -0.635. The maximum atomic E-state index is 13.9. The quantitative estimate of drug-likeness (QED) is 0.846. The van der Waals surface area contributed by atoms with Gasteiger partial charge < -0.3 is 10.5 Å². The van der Waals surface area contributed by atoms with Crippen molar-refractivity contribution in [3.63, 3.8) is 0 Å². The Bertz CT molecular complexity index is 673. The molecule has 5 heteroatoms. The van der Waals surface area contributed by atoms with Gasteiger partial charge in [0.15, 0.2) is 0 Å². The summed E-state index contributed by atoms with van der Waals surface area (Å²) >= 11 is 0. The Morgan fingerprint density at radius 1 is 1.29 bits per heavy atom. The van der Waals surface area contributed by atoms with E-state index in [1.807, 2.05) is 0 Å². The molecule has 2 rings (SSSR count). The summed E-state index contributed by atoms with van der Waals surface area (Å²) in [7, 11) is 7.32. The summed E-state index contributed by atoms with van der Waals surface area (Å²) in [5.74, 6) is -0.389. The maximum Gasteiger partial charge on any atom is 0.249 e. The minimum Gasteiger partial charge on any atom is -0.496 e. The predicted molar refractivity (Wildman–Crippen MR) is 80.7 cm³/mol. The molecular weight excluding hydrogens is 268 g/mol. The van der Waals surface area contributed by atoms with Crippen molar-refractivity contribution in [2.45, 2.75) is 12.8 Å².